The van der Waals surface area contributed by atoms with Crippen LogP contribution in [0.15, 0.2) is 52.2 Å². The number of H-pyrrole nitrogens is 1. The zero-order chi connectivity index (χ0) is 19.6. The molecule has 0 unspecified atom stereocenters. The predicted octanol–water partition coefficient (Wildman–Crippen LogP) is 1.53. The summed E-state index contributed by atoms with van der Waals surface area (Å²) in [5.74, 6) is -0.615. The minimum Gasteiger partial charge on any atom is -0.350 e. The number of carbonyl (C=O) groups excluding carboxylic acids is 1. The number of carbonyl (C=O) groups is 1. The largest absolute Gasteiger partial charge is 0.416 e. The number of halogens is 3. The summed E-state index contributed by atoms with van der Waals surface area (Å²) in [7, 11) is 0. The summed E-state index contributed by atoms with van der Waals surface area (Å²) >= 11 is 0. The number of pyridine rings is 1. The summed E-state index contributed by atoms with van der Waals surface area (Å²) < 4.78 is 38.5. The number of rotatable bonds is 4. The fourth-order valence-electron chi connectivity index (χ4n) is 2.48. The molecule has 0 aliphatic heterocycles. The molecule has 0 saturated heterocycles. The van der Waals surface area contributed by atoms with Crippen LogP contribution in [-0.2, 0) is 12.7 Å². The number of aromatic amines is 1. The molecule has 2 heterocycles. The van der Waals surface area contributed by atoms with Crippen molar-refractivity contribution >= 4 is 16.9 Å². The van der Waals surface area contributed by atoms with Gasteiger partial charge >= 0.3 is 11.9 Å². The van der Waals surface area contributed by atoms with Crippen molar-refractivity contribution in [2.45, 2.75) is 12.7 Å². The molecule has 7 nitrogen and oxygen atoms in total. The van der Waals surface area contributed by atoms with Gasteiger partial charge in [-0.3, -0.25) is 19.1 Å². The van der Waals surface area contributed by atoms with Gasteiger partial charge in [-0.25, -0.2) is 9.78 Å². The minimum atomic E-state index is -4.48. The molecule has 3 rings (SSSR count). The lowest BCUT2D eigenvalue weighted by Gasteiger charge is -2.09. The van der Waals surface area contributed by atoms with E-state index in [-0.39, 0.29) is 29.7 Å². The fourth-order valence-corrected chi connectivity index (χ4v) is 2.48. The molecule has 3 aromatic rings. The van der Waals surface area contributed by atoms with Gasteiger partial charge in [-0.05, 0) is 36.4 Å². The van der Waals surface area contributed by atoms with E-state index in [1.807, 2.05) is 0 Å². The van der Waals surface area contributed by atoms with Crippen LogP contribution >= 0.6 is 0 Å². The second-order valence-corrected chi connectivity index (χ2v) is 5.62. The summed E-state index contributed by atoms with van der Waals surface area (Å²) in [6.07, 6.45) is -3.05. The molecule has 140 valence electrons. The monoisotopic (exact) mass is 378 g/mol. The Hall–Kier alpha value is -3.43. The first-order chi connectivity index (χ1) is 12.8. The number of alkyl halides is 3. The standard InChI is InChI=1S/C17H13F3N4O3/c18-17(19,20)11-5-3-10(4-6-11)14(25)22-8-9-24-15(26)12-2-1-7-21-13(12)23-16(24)27/h1-7H,8-9H2,(H,22,25)(H,21,23,27). The quantitative estimate of drug-likeness (QED) is 0.720. The molecule has 0 radical (unpaired) electrons. The SMILES string of the molecule is O=C(NCCn1c(=O)[nH]c2ncccc2c1=O)c1ccc(C(F)(F)F)cc1. The van der Waals surface area contributed by atoms with Crippen molar-refractivity contribution in [3.05, 3.63) is 74.6 Å². The number of aromatic nitrogens is 3. The van der Waals surface area contributed by atoms with Gasteiger partial charge in [-0.1, -0.05) is 0 Å². The van der Waals surface area contributed by atoms with Gasteiger partial charge in [0, 0.05) is 24.8 Å². The number of hydrogen-bond donors (Lipinski definition) is 2. The second kappa shape index (κ2) is 7.06. The van der Waals surface area contributed by atoms with E-state index >= 15 is 0 Å². The third-order valence-corrected chi connectivity index (χ3v) is 3.85. The molecule has 10 heteroatoms. The maximum absolute atomic E-state index is 12.5. The van der Waals surface area contributed by atoms with E-state index < -0.39 is 28.9 Å². The second-order valence-electron chi connectivity index (χ2n) is 5.62. The van der Waals surface area contributed by atoms with Crippen LogP contribution in [-0.4, -0.2) is 27.0 Å². The fraction of sp³-hybridized carbons (Fsp3) is 0.176. The Bertz CT molecular complexity index is 1100. The lowest BCUT2D eigenvalue weighted by molar-refractivity contribution is -0.137. The summed E-state index contributed by atoms with van der Waals surface area (Å²) in [5, 5.41) is 2.69. The van der Waals surface area contributed by atoms with Crippen LogP contribution in [0.25, 0.3) is 11.0 Å². The van der Waals surface area contributed by atoms with Crippen molar-refractivity contribution in [3.63, 3.8) is 0 Å². The average molecular weight is 378 g/mol. The summed E-state index contributed by atoms with van der Waals surface area (Å²) in [4.78, 5) is 42.7. The molecule has 0 saturated carbocycles. The maximum Gasteiger partial charge on any atom is 0.416 e. The third kappa shape index (κ3) is 3.89. The molecule has 27 heavy (non-hydrogen) atoms. The van der Waals surface area contributed by atoms with Gasteiger partial charge < -0.3 is 5.32 Å². The highest BCUT2D eigenvalue weighted by Crippen LogP contribution is 2.29. The Morgan fingerprint density at radius 1 is 1.15 bits per heavy atom. The molecule has 0 bridgehead atoms. The smallest absolute Gasteiger partial charge is 0.350 e. The van der Waals surface area contributed by atoms with Gasteiger partial charge in [0.05, 0.1) is 10.9 Å². The normalized spacial score (nSPS) is 11.5. The van der Waals surface area contributed by atoms with E-state index in [0.29, 0.717) is 0 Å². The van der Waals surface area contributed by atoms with E-state index in [0.717, 1.165) is 28.8 Å². The number of fused-ring (bicyclic) bond motifs is 1. The van der Waals surface area contributed by atoms with Gasteiger partial charge in [0.1, 0.15) is 5.65 Å². The van der Waals surface area contributed by atoms with E-state index in [4.69, 9.17) is 0 Å². The van der Waals surface area contributed by atoms with E-state index in [2.05, 4.69) is 15.3 Å². The number of hydrogen-bond acceptors (Lipinski definition) is 4. The average Bonchev–Trinajstić information content (AvgIpc) is 2.63. The van der Waals surface area contributed by atoms with Crippen LogP contribution in [0.3, 0.4) is 0 Å². The number of nitrogens with one attached hydrogen (secondary N) is 2. The molecule has 0 fully saturated rings. The van der Waals surface area contributed by atoms with E-state index in [9.17, 15) is 27.6 Å². The highest BCUT2D eigenvalue weighted by atomic mass is 19.4. The molecule has 2 aromatic heterocycles. The molecule has 0 aliphatic rings. The highest BCUT2D eigenvalue weighted by Gasteiger charge is 2.30. The Balaban J connectivity index is 1.70. The van der Waals surface area contributed by atoms with Gasteiger partial charge in [-0.2, -0.15) is 13.2 Å². The maximum atomic E-state index is 12.5. The lowest BCUT2D eigenvalue weighted by atomic mass is 10.1. The molecule has 0 aliphatic carbocycles. The summed E-state index contributed by atoms with van der Waals surface area (Å²) in [5.41, 5.74) is -1.88. The van der Waals surface area contributed by atoms with Crippen LogP contribution in [0.1, 0.15) is 15.9 Å². The van der Waals surface area contributed by atoms with Crippen LogP contribution in [0.2, 0.25) is 0 Å². The Morgan fingerprint density at radius 2 is 1.85 bits per heavy atom. The first-order valence-corrected chi connectivity index (χ1v) is 7.80. The number of nitrogens with zero attached hydrogens (tertiary/aromatic N) is 2. The predicted molar refractivity (Wildman–Crippen MR) is 90.4 cm³/mol. The van der Waals surface area contributed by atoms with Gasteiger partial charge in [0.2, 0.25) is 0 Å². The van der Waals surface area contributed by atoms with Crippen LogP contribution in [0.4, 0.5) is 13.2 Å². The Labute approximate surface area is 149 Å². The zero-order valence-corrected chi connectivity index (χ0v) is 13.7. The molecule has 1 aromatic carbocycles. The van der Waals surface area contributed by atoms with Crippen molar-refractivity contribution in [2.75, 3.05) is 6.54 Å². The van der Waals surface area contributed by atoms with Crippen molar-refractivity contribution in [2.24, 2.45) is 0 Å². The number of benzene rings is 1. The summed E-state index contributed by atoms with van der Waals surface area (Å²) in [6, 6.07) is 6.79. The van der Waals surface area contributed by atoms with Gasteiger partial charge in [0.15, 0.2) is 0 Å². The van der Waals surface area contributed by atoms with Crippen molar-refractivity contribution < 1.29 is 18.0 Å². The molecular weight excluding hydrogens is 365 g/mol. The summed E-state index contributed by atoms with van der Waals surface area (Å²) in [6.45, 7) is -0.167. The lowest BCUT2D eigenvalue weighted by Crippen LogP contribution is -2.39. The Kier molecular flexibility index (Phi) is 4.80. The first-order valence-electron chi connectivity index (χ1n) is 7.80. The van der Waals surface area contributed by atoms with Crippen molar-refractivity contribution in [3.8, 4) is 0 Å². The van der Waals surface area contributed by atoms with Crippen LogP contribution < -0.4 is 16.6 Å². The van der Waals surface area contributed by atoms with Crippen molar-refractivity contribution in [1.29, 1.82) is 0 Å². The third-order valence-electron chi connectivity index (χ3n) is 3.85. The van der Waals surface area contributed by atoms with Crippen molar-refractivity contribution in [1.82, 2.24) is 19.9 Å². The molecule has 1 amide bonds. The minimum absolute atomic E-state index is 0.0342. The first kappa shape index (κ1) is 18.4. The van der Waals surface area contributed by atoms with E-state index in [1.54, 1.807) is 6.07 Å². The number of amides is 1. The molecular formula is C17H13F3N4O3. The molecule has 2 N–H and O–H groups in total. The molecule has 0 spiro atoms. The topological polar surface area (TPSA) is 96.8 Å². The highest BCUT2D eigenvalue weighted by molar-refractivity contribution is 5.94. The molecule has 0 atom stereocenters. The van der Waals surface area contributed by atoms with E-state index in [1.165, 1.54) is 12.3 Å². The van der Waals surface area contributed by atoms with Gasteiger partial charge in [0.25, 0.3) is 11.5 Å². The zero-order valence-electron chi connectivity index (χ0n) is 13.7. The van der Waals surface area contributed by atoms with Crippen LogP contribution in [0.5, 0.6) is 0 Å². The van der Waals surface area contributed by atoms with Crippen LogP contribution in [0, 0.1) is 0 Å². The Morgan fingerprint density at radius 3 is 2.52 bits per heavy atom. The van der Waals surface area contributed by atoms with Gasteiger partial charge in [-0.15, -0.1) is 0 Å².